The minimum absolute atomic E-state index is 0.0842. The number of para-hydroxylation sites is 1. The van der Waals surface area contributed by atoms with Crippen molar-refractivity contribution in [2.24, 2.45) is 0 Å². The molecule has 2 atom stereocenters. The summed E-state index contributed by atoms with van der Waals surface area (Å²) in [6.45, 7) is 3.50. The first-order chi connectivity index (χ1) is 12.7. The van der Waals surface area contributed by atoms with Gasteiger partial charge in [0.15, 0.2) is 0 Å². The van der Waals surface area contributed by atoms with E-state index in [9.17, 15) is 4.79 Å². The number of H-pyrrole nitrogens is 1. The molecule has 1 aliphatic heterocycles. The van der Waals surface area contributed by atoms with E-state index in [1.165, 1.54) is 0 Å². The molecule has 2 aromatic heterocycles. The third-order valence-corrected chi connectivity index (χ3v) is 5.37. The van der Waals surface area contributed by atoms with Gasteiger partial charge in [0, 0.05) is 22.9 Å². The molecule has 0 aliphatic carbocycles. The molecular formula is C19H21N3O3S. The van der Waals surface area contributed by atoms with Crippen molar-refractivity contribution >= 4 is 28.1 Å². The van der Waals surface area contributed by atoms with Crippen molar-refractivity contribution < 1.29 is 14.3 Å². The molecule has 3 heterocycles. The number of benzene rings is 1. The SMILES string of the molecule is Cc1c(C(=O)N[C@@H]2COCC[C@@H]2OCc2cscn2)[nH]c2ccccc12. The number of fused-ring (bicyclic) bond motifs is 1. The molecule has 1 amide bonds. The van der Waals surface area contributed by atoms with Gasteiger partial charge in [0.05, 0.1) is 36.6 Å². The summed E-state index contributed by atoms with van der Waals surface area (Å²) >= 11 is 1.55. The van der Waals surface area contributed by atoms with E-state index < -0.39 is 0 Å². The van der Waals surface area contributed by atoms with Crippen molar-refractivity contribution in [1.82, 2.24) is 15.3 Å². The largest absolute Gasteiger partial charge is 0.379 e. The summed E-state index contributed by atoms with van der Waals surface area (Å²) in [6.07, 6.45) is 0.667. The first-order valence-electron chi connectivity index (χ1n) is 8.67. The molecular weight excluding hydrogens is 350 g/mol. The molecule has 3 aromatic rings. The molecule has 1 aliphatic rings. The standard InChI is InChI=1S/C19H21N3O3S/c1-12-14-4-2-3-5-15(14)21-18(12)19(23)22-16-9-24-7-6-17(16)25-8-13-10-26-11-20-13/h2-5,10-11,16-17,21H,6-9H2,1H3,(H,22,23)/t16-,17+/m1/s1. The van der Waals surface area contributed by atoms with E-state index in [1.54, 1.807) is 16.8 Å². The molecule has 4 rings (SSSR count). The smallest absolute Gasteiger partial charge is 0.268 e. The summed E-state index contributed by atoms with van der Waals surface area (Å²) in [5.41, 5.74) is 5.22. The molecule has 0 saturated carbocycles. The Morgan fingerprint density at radius 3 is 3.15 bits per heavy atom. The maximum absolute atomic E-state index is 12.8. The second-order valence-corrected chi connectivity index (χ2v) is 7.16. The minimum Gasteiger partial charge on any atom is -0.379 e. The Morgan fingerprint density at radius 2 is 2.35 bits per heavy atom. The summed E-state index contributed by atoms with van der Waals surface area (Å²) < 4.78 is 11.6. The van der Waals surface area contributed by atoms with Gasteiger partial charge in [0.2, 0.25) is 0 Å². The summed E-state index contributed by atoms with van der Waals surface area (Å²) in [5, 5.41) is 6.12. The van der Waals surface area contributed by atoms with Crippen molar-refractivity contribution in [2.45, 2.75) is 32.1 Å². The van der Waals surface area contributed by atoms with Gasteiger partial charge in [0.1, 0.15) is 5.69 Å². The Bertz CT molecular complexity index is 891. The molecule has 136 valence electrons. The number of thiazole rings is 1. The monoisotopic (exact) mass is 371 g/mol. The molecule has 0 spiro atoms. The lowest BCUT2D eigenvalue weighted by Gasteiger charge is -2.31. The molecule has 0 radical (unpaired) electrons. The van der Waals surface area contributed by atoms with E-state index in [0.29, 0.717) is 25.5 Å². The van der Waals surface area contributed by atoms with Gasteiger partial charge in [-0.25, -0.2) is 4.98 Å². The fraction of sp³-hybridized carbons (Fsp3) is 0.368. The van der Waals surface area contributed by atoms with Crippen molar-refractivity contribution in [1.29, 1.82) is 0 Å². The number of carbonyl (C=O) groups excluding carboxylic acids is 1. The molecule has 26 heavy (non-hydrogen) atoms. The van der Waals surface area contributed by atoms with E-state index in [1.807, 2.05) is 36.6 Å². The fourth-order valence-electron chi connectivity index (χ4n) is 3.30. The lowest BCUT2D eigenvalue weighted by atomic mass is 10.1. The zero-order valence-corrected chi connectivity index (χ0v) is 15.3. The van der Waals surface area contributed by atoms with Crippen LogP contribution in [0.25, 0.3) is 10.9 Å². The predicted octanol–water partition coefficient (Wildman–Crippen LogP) is 3.04. The number of amides is 1. The van der Waals surface area contributed by atoms with E-state index in [-0.39, 0.29) is 18.1 Å². The highest BCUT2D eigenvalue weighted by Crippen LogP contribution is 2.22. The first-order valence-corrected chi connectivity index (χ1v) is 9.61. The van der Waals surface area contributed by atoms with Crippen molar-refractivity contribution in [3.05, 3.63) is 52.1 Å². The van der Waals surface area contributed by atoms with E-state index in [0.717, 1.165) is 28.6 Å². The first kappa shape index (κ1) is 17.2. The van der Waals surface area contributed by atoms with Crippen LogP contribution in [0.4, 0.5) is 0 Å². The average molecular weight is 371 g/mol. The Balaban J connectivity index is 1.46. The van der Waals surface area contributed by atoms with Crippen LogP contribution in [-0.2, 0) is 16.1 Å². The maximum atomic E-state index is 12.8. The number of hydrogen-bond donors (Lipinski definition) is 2. The van der Waals surface area contributed by atoms with Gasteiger partial charge in [-0.15, -0.1) is 11.3 Å². The molecule has 2 N–H and O–H groups in total. The van der Waals surface area contributed by atoms with Crippen LogP contribution in [0.3, 0.4) is 0 Å². The van der Waals surface area contributed by atoms with Crippen molar-refractivity contribution in [3.63, 3.8) is 0 Å². The molecule has 1 aromatic carbocycles. The van der Waals surface area contributed by atoms with Gasteiger partial charge in [-0.05, 0) is 25.0 Å². The molecule has 7 heteroatoms. The second-order valence-electron chi connectivity index (χ2n) is 6.44. The normalized spacial score (nSPS) is 20.3. The van der Waals surface area contributed by atoms with Gasteiger partial charge in [0.25, 0.3) is 5.91 Å². The Morgan fingerprint density at radius 1 is 1.46 bits per heavy atom. The van der Waals surface area contributed by atoms with Crippen molar-refractivity contribution in [3.8, 4) is 0 Å². The zero-order valence-electron chi connectivity index (χ0n) is 14.5. The van der Waals surface area contributed by atoms with Crippen LogP contribution in [0.15, 0.2) is 35.2 Å². The molecule has 6 nitrogen and oxygen atoms in total. The zero-order chi connectivity index (χ0) is 17.9. The second kappa shape index (κ2) is 7.57. The highest BCUT2D eigenvalue weighted by atomic mass is 32.1. The van der Waals surface area contributed by atoms with Crippen LogP contribution >= 0.6 is 11.3 Å². The van der Waals surface area contributed by atoms with E-state index in [2.05, 4.69) is 15.3 Å². The minimum atomic E-state index is -0.180. The Labute approximate surface area is 155 Å². The Hall–Kier alpha value is -2.22. The number of nitrogens with one attached hydrogen (secondary N) is 2. The van der Waals surface area contributed by atoms with Crippen LogP contribution in [0.2, 0.25) is 0 Å². The number of aryl methyl sites for hydroxylation is 1. The van der Waals surface area contributed by atoms with Gasteiger partial charge < -0.3 is 19.8 Å². The molecule has 0 bridgehead atoms. The summed E-state index contributed by atoms with van der Waals surface area (Å²) in [5.74, 6) is -0.128. The third-order valence-electron chi connectivity index (χ3n) is 4.73. The summed E-state index contributed by atoms with van der Waals surface area (Å²) in [4.78, 5) is 20.3. The van der Waals surface area contributed by atoms with Crippen molar-refractivity contribution in [2.75, 3.05) is 13.2 Å². The molecule has 1 saturated heterocycles. The van der Waals surface area contributed by atoms with E-state index in [4.69, 9.17) is 9.47 Å². The number of nitrogens with zero attached hydrogens (tertiary/aromatic N) is 1. The lowest BCUT2D eigenvalue weighted by molar-refractivity contribution is -0.0612. The lowest BCUT2D eigenvalue weighted by Crippen LogP contribution is -2.50. The van der Waals surface area contributed by atoms with Gasteiger partial charge in [-0.3, -0.25) is 4.79 Å². The van der Waals surface area contributed by atoms with E-state index >= 15 is 0 Å². The van der Waals surface area contributed by atoms with Gasteiger partial charge >= 0.3 is 0 Å². The van der Waals surface area contributed by atoms with Gasteiger partial charge in [-0.2, -0.15) is 0 Å². The number of aromatic amines is 1. The number of aromatic nitrogens is 2. The van der Waals surface area contributed by atoms with Crippen LogP contribution in [-0.4, -0.2) is 41.2 Å². The molecule has 1 fully saturated rings. The third kappa shape index (κ3) is 3.51. The average Bonchev–Trinajstić information content (AvgIpc) is 3.29. The quantitative estimate of drug-likeness (QED) is 0.723. The van der Waals surface area contributed by atoms with Crippen LogP contribution in [0.1, 0.15) is 28.2 Å². The maximum Gasteiger partial charge on any atom is 0.268 e. The predicted molar refractivity (Wildman–Crippen MR) is 100 cm³/mol. The highest BCUT2D eigenvalue weighted by molar-refractivity contribution is 7.07. The van der Waals surface area contributed by atoms with Gasteiger partial charge in [-0.1, -0.05) is 18.2 Å². The molecule has 0 unspecified atom stereocenters. The Kier molecular flexibility index (Phi) is 5.01. The number of carbonyl (C=O) groups is 1. The highest BCUT2D eigenvalue weighted by Gasteiger charge is 2.29. The topological polar surface area (TPSA) is 76.2 Å². The number of rotatable bonds is 5. The van der Waals surface area contributed by atoms with Crippen LogP contribution < -0.4 is 5.32 Å². The van der Waals surface area contributed by atoms with Crippen LogP contribution in [0, 0.1) is 6.92 Å². The fourth-order valence-corrected chi connectivity index (χ4v) is 3.85. The number of ether oxygens (including phenoxy) is 2. The summed E-state index contributed by atoms with van der Waals surface area (Å²) in [6, 6.07) is 7.74. The van der Waals surface area contributed by atoms with Crippen LogP contribution in [0.5, 0.6) is 0 Å². The summed E-state index contributed by atoms with van der Waals surface area (Å²) in [7, 11) is 0. The number of hydrogen-bond acceptors (Lipinski definition) is 5.